The van der Waals surface area contributed by atoms with Crippen molar-refractivity contribution in [1.82, 2.24) is 19.7 Å². The first-order chi connectivity index (χ1) is 9.16. The van der Waals surface area contributed by atoms with Crippen LogP contribution in [0.2, 0.25) is 0 Å². The van der Waals surface area contributed by atoms with Crippen LogP contribution in [0.1, 0.15) is 5.56 Å². The highest BCUT2D eigenvalue weighted by atomic mass is 16.2. The van der Waals surface area contributed by atoms with Crippen LogP contribution in [-0.2, 0) is 6.42 Å². The standard InChI is InChI=1S/C14H22N4O/c1-16-9-11-18(12-10-16)14(19)17(2)8-5-13-3-6-15-7-4-13/h3-4,6-7H,5,8-12H2,1-2H3. The highest BCUT2D eigenvalue weighted by Gasteiger charge is 2.21. The summed E-state index contributed by atoms with van der Waals surface area (Å²) in [6.45, 7) is 4.33. The third-order valence-corrected chi connectivity index (χ3v) is 3.59. The molecule has 1 aliphatic heterocycles. The molecule has 2 rings (SSSR count). The molecule has 1 saturated heterocycles. The molecule has 0 unspecified atom stereocenters. The molecule has 1 fully saturated rings. The Kier molecular flexibility index (Phi) is 4.74. The van der Waals surface area contributed by atoms with Gasteiger partial charge in [0.2, 0.25) is 0 Å². The van der Waals surface area contributed by atoms with E-state index in [0.717, 1.165) is 39.1 Å². The van der Waals surface area contributed by atoms with Crippen molar-refractivity contribution in [2.75, 3.05) is 46.8 Å². The van der Waals surface area contributed by atoms with Gasteiger partial charge in [-0.1, -0.05) is 0 Å². The summed E-state index contributed by atoms with van der Waals surface area (Å²) in [5.41, 5.74) is 1.22. The number of amides is 2. The minimum Gasteiger partial charge on any atom is -0.327 e. The van der Waals surface area contributed by atoms with Crippen molar-refractivity contribution in [2.24, 2.45) is 0 Å². The third kappa shape index (κ3) is 3.92. The van der Waals surface area contributed by atoms with Gasteiger partial charge in [-0.05, 0) is 31.2 Å². The summed E-state index contributed by atoms with van der Waals surface area (Å²) in [4.78, 5) is 22.2. The summed E-state index contributed by atoms with van der Waals surface area (Å²) < 4.78 is 0. The van der Waals surface area contributed by atoms with Crippen LogP contribution in [-0.4, -0.2) is 72.5 Å². The van der Waals surface area contributed by atoms with Gasteiger partial charge in [-0.15, -0.1) is 0 Å². The highest BCUT2D eigenvalue weighted by Crippen LogP contribution is 2.05. The lowest BCUT2D eigenvalue weighted by Crippen LogP contribution is -2.51. The van der Waals surface area contributed by atoms with Gasteiger partial charge in [0.05, 0.1) is 0 Å². The second kappa shape index (κ2) is 6.52. The first kappa shape index (κ1) is 13.8. The zero-order chi connectivity index (χ0) is 13.7. The minimum absolute atomic E-state index is 0.141. The van der Waals surface area contributed by atoms with Crippen molar-refractivity contribution in [1.29, 1.82) is 0 Å². The number of nitrogens with zero attached hydrogens (tertiary/aromatic N) is 4. The van der Waals surface area contributed by atoms with Crippen LogP contribution in [0.3, 0.4) is 0 Å². The van der Waals surface area contributed by atoms with Crippen molar-refractivity contribution in [3.05, 3.63) is 30.1 Å². The van der Waals surface area contributed by atoms with E-state index in [4.69, 9.17) is 0 Å². The van der Waals surface area contributed by atoms with Crippen molar-refractivity contribution < 1.29 is 4.79 Å². The maximum absolute atomic E-state index is 12.2. The van der Waals surface area contributed by atoms with Gasteiger partial charge in [0.25, 0.3) is 0 Å². The Labute approximate surface area is 114 Å². The number of pyridine rings is 1. The molecule has 104 valence electrons. The third-order valence-electron chi connectivity index (χ3n) is 3.59. The van der Waals surface area contributed by atoms with E-state index in [-0.39, 0.29) is 6.03 Å². The normalized spacial score (nSPS) is 16.4. The number of piperazine rings is 1. The average molecular weight is 262 g/mol. The number of carbonyl (C=O) groups is 1. The maximum atomic E-state index is 12.2. The molecule has 0 bridgehead atoms. The first-order valence-corrected chi connectivity index (χ1v) is 6.74. The zero-order valence-corrected chi connectivity index (χ0v) is 11.7. The summed E-state index contributed by atoms with van der Waals surface area (Å²) >= 11 is 0. The van der Waals surface area contributed by atoms with Crippen molar-refractivity contribution in [3.8, 4) is 0 Å². The van der Waals surface area contributed by atoms with Crippen LogP contribution in [0.15, 0.2) is 24.5 Å². The topological polar surface area (TPSA) is 39.7 Å². The van der Waals surface area contributed by atoms with E-state index in [2.05, 4.69) is 16.9 Å². The van der Waals surface area contributed by atoms with E-state index < -0.39 is 0 Å². The fourth-order valence-electron chi connectivity index (χ4n) is 2.18. The zero-order valence-electron chi connectivity index (χ0n) is 11.7. The Morgan fingerprint density at radius 3 is 2.53 bits per heavy atom. The SMILES string of the molecule is CN1CCN(C(=O)N(C)CCc2ccncc2)CC1. The second-order valence-corrected chi connectivity index (χ2v) is 5.10. The molecule has 1 aromatic heterocycles. The molecular formula is C14H22N4O. The minimum atomic E-state index is 0.141. The van der Waals surface area contributed by atoms with E-state index in [1.54, 1.807) is 12.4 Å². The average Bonchev–Trinajstić information content (AvgIpc) is 2.46. The van der Waals surface area contributed by atoms with E-state index in [9.17, 15) is 4.79 Å². The van der Waals surface area contributed by atoms with Gasteiger partial charge in [-0.3, -0.25) is 4.98 Å². The number of hydrogen-bond donors (Lipinski definition) is 0. The van der Waals surface area contributed by atoms with Gasteiger partial charge >= 0.3 is 6.03 Å². The fourth-order valence-corrected chi connectivity index (χ4v) is 2.18. The molecule has 0 saturated carbocycles. The fraction of sp³-hybridized carbons (Fsp3) is 0.571. The highest BCUT2D eigenvalue weighted by molar-refractivity contribution is 5.74. The molecule has 5 nitrogen and oxygen atoms in total. The molecule has 5 heteroatoms. The Hall–Kier alpha value is -1.62. The molecule has 0 atom stereocenters. The number of aromatic nitrogens is 1. The Balaban J connectivity index is 1.79. The van der Waals surface area contributed by atoms with Crippen LogP contribution in [0, 0.1) is 0 Å². The maximum Gasteiger partial charge on any atom is 0.319 e. The molecule has 1 aliphatic rings. The molecule has 1 aromatic rings. The largest absolute Gasteiger partial charge is 0.327 e. The van der Waals surface area contributed by atoms with Gasteiger partial charge in [0.1, 0.15) is 0 Å². The number of hydrogen-bond acceptors (Lipinski definition) is 3. The van der Waals surface area contributed by atoms with Crippen LogP contribution in [0.25, 0.3) is 0 Å². The van der Waals surface area contributed by atoms with Gasteiger partial charge in [0, 0.05) is 52.2 Å². The number of rotatable bonds is 3. The summed E-state index contributed by atoms with van der Waals surface area (Å²) in [5, 5.41) is 0. The van der Waals surface area contributed by atoms with Crippen molar-refractivity contribution in [2.45, 2.75) is 6.42 Å². The number of likely N-dealkylation sites (N-methyl/N-ethyl adjacent to an activating group) is 2. The van der Waals surface area contributed by atoms with Crippen LogP contribution in [0.5, 0.6) is 0 Å². The Morgan fingerprint density at radius 1 is 1.26 bits per heavy atom. The quantitative estimate of drug-likeness (QED) is 0.813. The van der Waals surface area contributed by atoms with E-state index >= 15 is 0 Å². The van der Waals surface area contributed by atoms with E-state index in [0.29, 0.717) is 0 Å². The molecule has 2 heterocycles. The summed E-state index contributed by atoms with van der Waals surface area (Å²) in [6.07, 6.45) is 4.45. The second-order valence-electron chi connectivity index (χ2n) is 5.10. The summed E-state index contributed by atoms with van der Waals surface area (Å²) in [5.74, 6) is 0. The lowest BCUT2D eigenvalue weighted by molar-refractivity contribution is 0.129. The predicted octanol–water partition coefficient (Wildman–Crippen LogP) is 0.923. The lowest BCUT2D eigenvalue weighted by Gasteiger charge is -2.35. The predicted molar refractivity (Wildman–Crippen MR) is 75.0 cm³/mol. The Morgan fingerprint density at radius 2 is 1.89 bits per heavy atom. The smallest absolute Gasteiger partial charge is 0.319 e. The molecule has 0 aliphatic carbocycles. The number of carbonyl (C=O) groups excluding carboxylic acids is 1. The molecular weight excluding hydrogens is 240 g/mol. The lowest BCUT2D eigenvalue weighted by atomic mass is 10.2. The van der Waals surface area contributed by atoms with Crippen molar-refractivity contribution >= 4 is 6.03 Å². The molecule has 0 spiro atoms. The molecule has 2 amide bonds. The van der Waals surface area contributed by atoms with Crippen LogP contribution >= 0.6 is 0 Å². The van der Waals surface area contributed by atoms with Crippen molar-refractivity contribution in [3.63, 3.8) is 0 Å². The van der Waals surface area contributed by atoms with E-state index in [1.165, 1.54) is 5.56 Å². The van der Waals surface area contributed by atoms with Gasteiger partial charge in [-0.25, -0.2) is 4.79 Å². The molecule has 0 radical (unpaired) electrons. The molecule has 0 aromatic carbocycles. The van der Waals surface area contributed by atoms with E-state index in [1.807, 2.05) is 29.0 Å². The first-order valence-electron chi connectivity index (χ1n) is 6.74. The van der Waals surface area contributed by atoms with Crippen LogP contribution < -0.4 is 0 Å². The van der Waals surface area contributed by atoms with Gasteiger partial charge in [-0.2, -0.15) is 0 Å². The number of urea groups is 1. The monoisotopic (exact) mass is 262 g/mol. The van der Waals surface area contributed by atoms with Crippen LogP contribution in [0.4, 0.5) is 4.79 Å². The summed E-state index contributed by atoms with van der Waals surface area (Å²) in [7, 11) is 3.97. The van der Waals surface area contributed by atoms with Gasteiger partial charge < -0.3 is 14.7 Å². The molecule has 19 heavy (non-hydrogen) atoms. The van der Waals surface area contributed by atoms with Gasteiger partial charge in [0.15, 0.2) is 0 Å². The molecule has 0 N–H and O–H groups in total. The Bertz CT molecular complexity index is 401. The summed E-state index contributed by atoms with van der Waals surface area (Å²) in [6, 6.07) is 4.13.